The quantitative estimate of drug-likeness (QED) is 0.426. The highest BCUT2D eigenvalue weighted by molar-refractivity contribution is 7.96. The lowest BCUT2D eigenvalue weighted by Gasteiger charge is -2.06. The molecule has 0 heterocycles. The van der Waals surface area contributed by atoms with E-state index in [0.29, 0.717) is 10.9 Å². The second kappa shape index (κ2) is 9.58. The number of rotatable bonds is 9. The number of hydrogen-bond donors (Lipinski definition) is 0. The molecule has 0 aromatic heterocycles. The molecule has 17 heavy (non-hydrogen) atoms. The van der Waals surface area contributed by atoms with Crippen LogP contribution in [0.5, 0.6) is 0 Å². The molecule has 1 rings (SSSR count). The second-order valence-electron chi connectivity index (χ2n) is 4.57. The van der Waals surface area contributed by atoms with Crippen LogP contribution in [0.1, 0.15) is 52.4 Å². The summed E-state index contributed by atoms with van der Waals surface area (Å²) in [4.78, 5) is 1.56. The molecule has 0 aliphatic rings. The fourth-order valence-corrected chi connectivity index (χ4v) is 4.05. The maximum absolute atomic E-state index is 2.33. The zero-order chi connectivity index (χ0) is 12.3. The van der Waals surface area contributed by atoms with Crippen molar-refractivity contribution in [1.82, 2.24) is 0 Å². The van der Waals surface area contributed by atoms with Crippen LogP contribution < -0.4 is 0 Å². The Morgan fingerprint density at radius 1 is 0.824 bits per heavy atom. The van der Waals surface area contributed by atoms with Gasteiger partial charge in [-0.05, 0) is 31.9 Å². The minimum atomic E-state index is 0.498. The summed E-state index contributed by atoms with van der Waals surface area (Å²) in [5.74, 6) is 2.70. The van der Waals surface area contributed by atoms with Gasteiger partial charge < -0.3 is 0 Å². The largest absolute Gasteiger partial charge is 0.154 e. The van der Waals surface area contributed by atoms with Crippen molar-refractivity contribution in [2.45, 2.75) is 57.3 Å². The minimum Gasteiger partial charge on any atom is -0.0654 e. The van der Waals surface area contributed by atoms with Crippen molar-refractivity contribution >= 4 is 10.9 Å². The molecule has 1 aromatic rings. The van der Waals surface area contributed by atoms with Gasteiger partial charge in [0.2, 0.25) is 0 Å². The summed E-state index contributed by atoms with van der Waals surface area (Å²) in [6.45, 7) is 4.61. The second-order valence-corrected chi connectivity index (χ2v) is 7.01. The third kappa shape index (κ3) is 6.16. The van der Waals surface area contributed by atoms with Crippen LogP contribution in [0.4, 0.5) is 0 Å². The zero-order valence-electron chi connectivity index (χ0n) is 11.5. The van der Waals surface area contributed by atoms with Crippen LogP contribution in [-0.2, 0) is 10.9 Å². The topological polar surface area (TPSA) is 0 Å². The third-order valence-electron chi connectivity index (χ3n) is 3.17. The smallest absolute Gasteiger partial charge is 0.0654 e. The van der Waals surface area contributed by atoms with Gasteiger partial charge in [-0.3, -0.25) is 0 Å². The molecule has 0 saturated carbocycles. The SMILES string of the molecule is CCCCCCCC[S+](CC)c1ccccc1. The monoisotopic (exact) mass is 251 g/mol. The molecule has 0 bridgehead atoms. The Morgan fingerprint density at radius 3 is 2.12 bits per heavy atom. The van der Waals surface area contributed by atoms with Gasteiger partial charge in [-0.1, -0.05) is 50.8 Å². The standard InChI is InChI=1S/C16H27S/c1-3-5-6-7-8-12-15-17(4-2)16-13-10-9-11-14-16/h9-11,13-14H,3-8,12,15H2,1-2H3/q+1. The first-order valence-electron chi connectivity index (χ1n) is 7.11. The Bertz CT molecular complexity index is 268. The first-order chi connectivity index (χ1) is 8.38. The Morgan fingerprint density at radius 2 is 1.47 bits per heavy atom. The zero-order valence-corrected chi connectivity index (χ0v) is 12.3. The Balaban J connectivity index is 2.20. The minimum absolute atomic E-state index is 0.498. The molecule has 0 aliphatic carbocycles. The van der Waals surface area contributed by atoms with Crippen LogP contribution in [0.15, 0.2) is 35.2 Å². The van der Waals surface area contributed by atoms with Crippen molar-refractivity contribution < 1.29 is 0 Å². The van der Waals surface area contributed by atoms with E-state index >= 15 is 0 Å². The van der Waals surface area contributed by atoms with Gasteiger partial charge in [0.1, 0.15) is 11.5 Å². The van der Waals surface area contributed by atoms with Crippen LogP contribution in [0, 0.1) is 0 Å². The molecule has 96 valence electrons. The highest BCUT2D eigenvalue weighted by Gasteiger charge is 2.17. The average Bonchev–Trinajstić information content (AvgIpc) is 2.39. The van der Waals surface area contributed by atoms with E-state index in [1.807, 2.05) is 0 Å². The van der Waals surface area contributed by atoms with E-state index < -0.39 is 0 Å². The fraction of sp³-hybridized carbons (Fsp3) is 0.625. The average molecular weight is 251 g/mol. The van der Waals surface area contributed by atoms with E-state index in [2.05, 4.69) is 44.2 Å². The molecule has 0 fully saturated rings. The van der Waals surface area contributed by atoms with Gasteiger partial charge in [0.15, 0.2) is 4.90 Å². The van der Waals surface area contributed by atoms with Crippen LogP contribution in [0.3, 0.4) is 0 Å². The third-order valence-corrected chi connectivity index (χ3v) is 5.59. The van der Waals surface area contributed by atoms with Gasteiger partial charge in [-0.2, -0.15) is 0 Å². The van der Waals surface area contributed by atoms with Gasteiger partial charge in [0, 0.05) is 10.9 Å². The molecule has 0 N–H and O–H groups in total. The maximum atomic E-state index is 2.33. The van der Waals surface area contributed by atoms with Crippen LogP contribution in [0.25, 0.3) is 0 Å². The molecule has 1 atom stereocenters. The maximum Gasteiger partial charge on any atom is 0.154 e. The van der Waals surface area contributed by atoms with E-state index in [0.717, 1.165) is 0 Å². The van der Waals surface area contributed by atoms with Crippen molar-refractivity contribution in [3.8, 4) is 0 Å². The highest BCUT2D eigenvalue weighted by Crippen LogP contribution is 2.16. The molecule has 0 nitrogen and oxygen atoms in total. The van der Waals surface area contributed by atoms with Crippen LogP contribution in [-0.4, -0.2) is 11.5 Å². The van der Waals surface area contributed by atoms with E-state index in [9.17, 15) is 0 Å². The van der Waals surface area contributed by atoms with E-state index in [4.69, 9.17) is 0 Å². The molecule has 0 saturated heterocycles. The molecular weight excluding hydrogens is 224 g/mol. The first-order valence-corrected chi connectivity index (χ1v) is 8.67. The predicted octanol–water partition coefficient (Wildman–Crippen LogP) is 5.04. The van der Waals surface area contributed by atoms with E-state index in [1.54, 1.807) is 4.90 Å². The predicted molar refractivity (Wildman–Crippen MR) is 80.9 cm³/mol. The number of unbranched alkanes of at least 4 members (excludes halogenated alkanes) is 5. The number of hydrogen-bond acceptors (Lipinski definition) is 0. The van der Waals surface area contributed by atoms with E-state index in [-0.39, 0.29) is 0 Å². The summed E-state index contributed by atoms with van der Waals surface area (Å²) in [6.07, 6.45) is 8.47. The van der Waals surface area contributed by atoms with Crippen molar-refractivity contribution in [1.29, 1.82) is 0 Å². The fourth-order valence-electron chi connectivity index (χ4n) is 2.10. The van der Waals surface area contributed by atoms with Gasteiger partial charge >= 0.3 is 0 Å². The summed E-state index contributed by atoms with van der Waals surface area (Å²) in [5.41, 5.74) is 0. The molecule has 0 spiro atoms. The van der Waals surface area contributed by atoms with Crippen molar-refractivity contribution in [3.05, 3.63) is 30.3 Å². The molecule has 1 unspecified atom stereocenters. The summed E-state index contributed by atoms with van der Waals surface area (Å²) < 4.78 is 0. The van der Waals surface area contributed by atoms with Crippen LogP contribution in [0.2, 0.25) is 0 Å². The lowest BCUT2D eigenvalue weighted by Crippen LogP contribution is -2.10. The first kappa shape index (κ1) is 14.6. The summed E-state index contributed by atoms with van der Waals surface area (Å²) in [5, 5.41) is 0. The van der Waals surface area contributed by atoms with Gasteiger partial charge in [-0.25, -0.2) is 0 Å². The van der Waals surface area contributed by atoms with Gasteiger partial charge in [0.25, 0.3) is 0 Å². The molecule has 0 aliphatic heterocycles. The molecule has 1 aromatic carbocycles. The van der Waals surface area contributed by atoms with Crippen molar-refractivity contribution in [2.75, 3.05) is 11.5 Å². The van der Waals surface area contributed by atoms with E-state index in [1.165, 1.54) is 50.0 Å². The Labute approximate surface area is 110 Å². The summed E-state index contributed by atoms with van der Waals surface area (Å²) in [7, 11) is 0.498. The summed E-state index contributed by atoms with van der Waals surface area (Å²) >= 11 is 0. The normalized spacial score (nSPS) is 12.6. The number of benzene rings is 1. The van der Waals surface area contributed by atoms with Crippen molar-refractivity contribution in [3.63, 3.8) is 0 Å². The molecule has 0 amide bonds. The molecule has 0 radical (unpaired) electrons. The summed E-state index contributed by atoms with van der Waals surface area (Å²) in [6, 6.07) is 11.1. The highest BCUT2D eigenvalue weighted by atomic mass is 32.2. The lowest BCUT2D eigenvalue weighted by atomic mass is 10.1. The molecule has 1 heteroatoms. The van der Waals surface area contributed by atoms with Crippen molar-refractivity contribution in [2.24, 2.45) is 0 Å². The van der Waals surface area contributed by atoms with Gasteiger partial charge in [0.05, 0.1) is 0 Å². The van der Waals surface area contributed by atoms with Crippen LogP contribution >= 0.6 is 0 Å². The Kier molecular flexibility index (Phi) is 8.25. The Hall–Kier alpha value is -0.430. The lowest BCUT2D eigenvalue weighted by molar-refractivity contribution is 0.626. The van der Waals surface area contributed by atoms with Gasteiger partial charge in [-0.15, -0.1) is 0 Å². The molecular formula is C16H27S+.